The maximum absolute atomic E-state index is 12.8. The topological polar surface area (TPSA) is 95.8 Å². The third-order valence-electron chi connectivity index (χ3n) is 5.78. The Bertz CT molecular complexity index is 929. The van der Waals surface area contributed by atoms with Gasteiger partial charge in [-0.1, -0.05) is 49.3 Å². The number of carbonyl (C=O) groups is 3. The molecular weight excluding hydrogens is 372 g/mol. The molecule has 0 aliphatic carbocycles. The largest absolute Gasteiger partial charge is 0.360 e. The highest BCUT2D eigenvalue weighted by molar-refractivity contribution is 6.07. The number of amides is 4. The molecule has 29 heavy (non-hydrogen) atoms. The van der Waals surface area contributed by atoms with Crippen LogP contribution in [0, 0.1) is 0 Å². The highest BCUT2D eigenvalue weighted by Crippen LogP contribution is 2.35. The Labute approximate surface area is 168 Å². The lowest BCUT2D eigenvalue weighted by Crippen LogP contribution is -2.57. The number of nitrogens with one attached hydrogen (secondary N) is 1. The maximum atomic E-state index is 12.8. The lowest BCUT2D eigenvalue weighted by atomic mass is 9.85. The fraction of sp³-hybridized carbons (Fsp3) is 0.429. The quantitative estimate of drug-likeness (QED) is 0.801. The molecular formula is C21H24N4O4. The zero-order chi connectivity index (χ0) is 20.6. The monoisotopic (exact) mass is 396 g/mol. The van der Waals surface area contributed by atoms with E-state index in [0.29, 0.717) is 38.2 Å². The average molecular weight is 396 g/mol. The molecule has 152 valence electrons. The lowest BCUT2D eigenvalue weighted by molar-refractivity contribution is -0.129. The van der Waals surface area contributed by atoms with E-state index in [1.807, 2.05) is 44.2 Å². The van der Waals surface area contributed by atoms with E-state index in [1.165, 1.54) is 0 Å². The molecule has 2 fully saturated rings. The third-order valence-corrected chi connectivity index (χ3v) is 5.78. The highest BCUT2D eigenvalue weighted by Gasteiger charge is 2.54. The number of carbonyl (C=O) groups excluding carboxylic acids is 3. The summed E-state index contributed by atoms with van der Waals surface area (Å²) < 4.78 is 5.23. The molecule has 4 amide bonds. The van der Waals surface area contributed by atoms with Crippen LogP contribution in [-0.4, -0.2) is 51.4 Å². The standard InChI is InChI=1S/C21H24N4O4/c1-14(2)17-12-16(23-29-17)18(26)24-10-8-21(9-11-24)19(27)22-20(28)25(21)13-15-6-4-3-5-7-15/h3-7,12,14H,8-11,13H2,1-2H3,(H,22,27,28). The van der Waals surface area contributed by atoms with Gasteiger partial charge in [-0.2, -0.15) is 0 Å². The van der Waals surface area contributed by atoms with Crippen LogP contribution in [0.1, 0.15) is 54.4 Å². The van der Waals surface area contributed by atoms with E-state index in [4.69, 9.17) is 4.52 Å². The number of nitrogens with zero attached hydrogens (tertiary/aromatic N) is 3. The Morgan fingerprint density at radius 3 is 2.52 bits per heavy atom. The molecule has 1 aromatic heterocycles. The maximum Gasteiger partial charge on any atom is 0.325 e. The Kier molecular flexibility index (Phi) is 4.86. The molecule has 0 atom stereocenters. The van der Waals surface area contributed by atoms with E-state index in [1.54, 1.807) is 15.9 Å². The Morgan fingerprint density at radius 2 is 1.90 bits per heavy atom. The fourth-order valence-corrected chi connectivity index (χ4v) is 3.99. The van der Waals surface area contributed by atoms with E-state index < -0.39 is 5.54 Å². The first-order chi connectivity index (χ1) is 13.9. The minimum Gasteiger partial charge on any atom is -0.360 e. The molecule has 0 saturated carbocycles. The van der Waals surface area contributed by atoms with E-state index in [-0.39, 0.29) is 29.5 Å². The number of aromatic nitrogens is 1. The van der Waals surface area contributed by atoms with Crippen LogP contribution in [-0.2, 0) is 11.3 Å². The van der Waals surface area contributed by atoms with Crippen LogP contribution >= 0.6 is 0 Å². The van der Waals surface area contributed by atoms with Gasteiger partial charge in [0.25, 0.3) is 11.8 Å². The second-order valence-corrected chi connectivity index (χ2v) is 7.92. The molecule has 0 bridgehead atoms. The van der Waals surface area contributed by atoms with Gasteiger partial charge in [0.1, 0.15) is 11.3 Å². The van der Waals surface area contributed by atoms with E-state index >= 15 is 0 Å². The number of imide groups is 1. The molecule has 2 aliphatic heterocycles. The van der Waals surface area contributed by atoms with Gasteiger partial charge in [0.05, 0.1) is 0 Å². The summed E-state index contributed by atoms with van der Waals surface area (Å²) >= 11 is 0. The molecule has 2 aliphatic rings. The summed E-state index contributed by atoms with van der Waals surface area (Å²) in [6.45, 7) is 5.03. The van der Waals surface area contributed by atoms with Gasteiger partial charge in [-0.3, -0.25) is 14.9 Å². The molecule has 1 spiro atoms. The first kappa shape index (κ1) is 19.2. The summed E-state index contributed by atoms with van der Waals surface area (Å²) in [4.78, 5) is 41.2. The highest BCUT2D eigenvalue weighted by atomic mass is 16.5. The summed E-state index contributed by atoms with van der Waals surface area (Å²) in [5, 5.41) is 6.35. The molecule has 2 aromatic rings. The predicted octanol–water partition coefficient (Wildman–Crippen LogP) is 2.52. The van der Waals surface area contributed by atoms with Gasteiger partial charge in [0.15, 0.2) is 5.69 Å². The van der Waals surface area contributed by atoms with Crippen molar-refractivity contribution in [3.63, 3.8) is 0 Å². The number of piperidine rings is 1. The van der Waals surface area contributed by atoms with Crippen molar-refractivity contribution in [2.75, 3.05) is 13.1 Å². The van der Waals surface area contributed by atoms with E-state index in [2.05, 4.69) is 10.5 Å². The second-order valence-electron chi connectivity index (χ2n) is 7.92. The van der Waals surface area contributed by atoms with Crippen molar-refractivity contribution >= 4 is 17.8 Å². The number of hydrogen-bond acceptors (Lipinski definition) is 5. The van der Waals surface area contributed by atoms with Crippen molar-refractivity contribution in [1.82, 2.24) is 20.3 Å². The van der Waals surface area contributed by atoms with E-state index in [9.17, 15) is 14.4 Å². The molecule has 0 radical (unpaired) electrons. The Balaban J connectivity index is 1.49. The third kappa shape index (κ3) is 3.39. The van der Waals surface area contributed by atoms with Crippen LogP contribution in [0.15, 0.2) is 40.9 Å². The average Bonchev–Trinajstić information content (AvgIpc) is 3.30. The van der Waals surface area contributed by atoms with Crippen molar-refractivity contribution in [3.8, 4) is 0 Å². The predicted molar refractivity (Wildman–Crippen MR) is 104 cm³/mol. The number of benzene rings is 1. The van der Waals surface area contributed by atoms with Crippen molar-refractivity contribution in [2.45, 2.75) is 44.7 Å². The number of rotatable bonds is 4. The van der Waals surface area contributed by atoms with Crippen molar-refractivity contribution in [3.05, 3.63) is 53.4 Å². The first-order valence-electron chi connectivity index (χ1n) is 9.83. The Hall–Kier alpha value is -3.16. The first-order valence-corrected chi connectivity index (χ1v) is 9.83. The summed E-state index contributed by atoms with van der Waals surface area (Å²) in [6, 6.07) is 10.9. The molecule has 8 nitrogen and oxygen atoms in total. The zero-order valence-electron chi connectivity index (χ0n) is 16.6. The van der Waals surface area contributed by atoms with Gasteiger partial charge >= 0.3 is 6.03 Å². The van der Waals surface area contributed by atoms with Crippen molar-refractivity contribution in [1.29, 1.82) is 0 Å². The summed E-state index contributed by atoms with van der Waals surface area (Å²) in [5.74, 6) is 0.314. The molecule has 4 rings (SSSR count). The van der Waals surface area contributed by atoms with Crippen LogP contribution in [0.25, 0.3) is 0 Å². The van der Waals surface area contributed by atoms with Crippen LogP contribution in [0.3, 0.4) is 0 Å². The minimum absolute atomic E-state index is 0.147. The van der Waals surface area contributed by atoms with Crippen LogP contribution in [0.2, 0.25) is 0 Å². The summed E-state index contributed by atoms with van der Waals surface area (Å²) in [5.41, 5.74) is 0.313. The second kappa shape index (κ2) is 7.35. The number of urea groups is 1. The molecule has 1 aromatic carbocycles. The smallest absolute Gasteiger partial charge is 0.325 e. The molecule has 8 heteroatoms. The number of hydrogen-bond donors (Lipinski definition) is 1. The minimum atomic E-state index is -0.920. The molecule has 2 saturated heterocycles. The van der Waals surface area contributed by atoms with E-state index in [0.717, 1.165) is 5.56 Å². The lowest BCUT2D eigenvalue weighted by Gasteiger charge is -2.42. The van der Waals surface area contributed by atoms with Gasteiger partial charge < -0.3 is 14.3 Å². The molecule has 0 unspecified atom stereocenters. The van der Waals surface area contributed by atoms with Crippen LogP contribution in [0.5, 0.6) is 0 Å². The molecule has 3 heterocycles. The van der Waals surface area contributed by atoms with Gasteiger partial charge in [0, 0.05) is 31.6 Å². The van der Waals surface area contributed by atoms with Gasteiger partial charge in [-0.05, 0) is 18.4 Å². The fourth-order valence-electron chi connectivity index (χ4n) is 3.99. The van der Waals surface area contributed by atoms with Crippen LogP contribution in [0.4, 0.5) is 4.79 Å². The Morgan fingerprint density at radius 1 is 1.21 bits per heavy atom. The molecule has 1 N–H and O–H groups in total. The van der Waals surface area contributed by atoms with Gasteiger partial charge in [-0.15, -0.1) is 0 Å². The zero-order valence-corrected chi connectivity index (χ0v) is 16.6. The normalized spacial score (nSPS) is 18.6. The van der Waals surface area contributed by atoms with Crippen molar-refractivity contribution < 1.29 is 18.9 Å². The summed E-state index contributed by atoms with van der Waals surface area (Å²) in [7, 11) is 0. The van der Waals surface area contributed by atoms with Gasteiger partial charge in [-0.25, -0.2) is 4.79 Å². The summed E-state index contributed by atoms with van der Waals surface area (Å²) in [6.07, 6.45) is 0.774. The SMILES string of the molecule is CC(C)c1cc(C(=O)N2CCC3(CC2)C(=O)NC(=O)N3Cc2ccccc2)no1. The number of likely N-dealkylation sites (tertiary alicyclic amines) is 1. The van der Waals surface area contributed by atoms with Gasteiger partial charge in [0.2, 0.25) is 0 Å². The van der Waals surface area contributed by atoms with Crippen molar-refractivity contribution in [2.24, 2.45) is 0 Å². The van der Waals surface area contributed by atoms with Crippen LogP contribution < -0.4 is 5.32 Å².